The zero-order valence-corrected chi connectivity index (χ0v) is 4.70. The minimum atomic E-state index is -1.12. The number of carbonyl (C=O) groups excluding carboxylic acids is 1. The number of hydrogen-bond acceptors (Lipinski definition) is 3. The molecule has 1 atom stereocenters. The molecule has 0 saturated carbocycles. The van der Waals surface area contributed by atoms with Gasteiger partial charge in [-0.2, -0.15) is 0 Å². The van der Waals surface area contributed by atoms with Gasteiger partial charge >= 0.3 is 5.97 Å². The van der Waals surface area contributed by atoms with Crippen molar-refractivity contribution in [1.29, 1.82) is 0 Å². The molecule has 0 radical (unpaired) electrons. The molecular formula is C4H8N2O3. The first kappa shape index (κ1) is 7.90. The zero-order chi connectivity index (χ0) is 7.28. The summed E-state index contributed by atoms with van der Waals surface area (Å²) < 4.78 is 0. The fourth-order valence-corrected chi connectivity index (χ4v) is 0.262. The van der Waals surface area contributed by atoms with Gasteiger partial charge in [0.05, 0.1) is 0 Å². The maximum Gasteiger partial charge on any atom is 0.322 e. The lowest BCUT2D eigenvalue weighted by Gasteiger charge is -2.02. The minimum Gasteiger partial charge on any atom is -0.480 e. The van der Waals surface area contributed by atoms with Crippen molar-refractivity contribution in [2.45, 2.75) is 6.04 Å². The Morgan fingerprint density at radius 3 is 2.78 bits per heavy atom. The van der Waals surface area contributed by atoms with Crippen LogP contribution in [0.1, 0.15) is 0 Å². The predicted molar refractivity (Wildman–Crippen MR) is 29.7 cm³/mol. The van der Waals surface area contributed by atoms with Crippen LogP contribution in [0.3, 0.4) is 0 Å². The van der Waals surface area contributed by atoms with Crippen LogP contribution in [0.5, 0.6) is 0 Å². The van der Waals surface area contributed by atoms with Crippen LogP contribution in [0.25, 0.3) is 0 Å². The Kier molecular flexibility index (Phi) is 3.38. The molecule has 0 spiro atoms. The molecular weight excluding hydrogens is 124 g/mol. The van der Waals surface area contributed by atoms with Gasteiger partial charge in [0.1, 0.15) is 6.04 Å². The van der Waals surface area contributed by atoms with Crippen LogP contribution in [0, 0.1) is 0 Å². The van der Waals surface area contributed by atoms with Crippen LogP contribution in [0.15, 0.2) is 0 Å². The highest BCUT2D eigenvalue weighted by molar-refractivity contribution is 5.73. The molecule has 0 fully saturated rings. The number of amides is 1. The summed E-state index contributed by atoms with van der Waals surface area (Å²) in [4.78, 5) is 19.5. The Hall–Kier alpha value is -1.10. The van der Waals surface area contributed by atoms with E-state index in [0.717, 1.165) is 0 Å². The Labute approximate surface area is 51.8 Å². The molecule has 0 aromatic rings. The highest BCUT2D eigenvalue weighted by Crippen LogP contribution is 1.71. The summed E-state index contributed by atoms with van der Waals surface area (Å²) in [5, 5.41) is 10.3. The Balaban J connectivity index is 3.37. The van der Waals surface area contributed by atoms with Gasteiger partial charge in [-0.15, -0.1) is 0 Å². The molecule has 52 valence electrons. The average Bonchev–Trinajstić information content (AvgIpc) is 1.82. The first-order chi connectivity index (χ1) is 4.18. The van der Waals surface area contributed by atoms with E-state index in [0.29, 0.717) is 6.41 Å². The maximum absolute atomic E-state index is 9.92. The first-order valence-electron chi connectivity index (χ1n) is 2.34. The van der Waals surface area contributed by atoms with E-state index in [1.807, 2.05) is 0 Å². The van der Waals surface area contributed by atoms with E-state index in [4.69, 9.17) is 10.8 Å². The summed E-state index contributed by atoms with van der Waals surface area (Å²) >= 11 is 0. The lowest BCUT2D eigenvalue weighted by Crippen LogP contribution is -2.39. The smallest absolute Gasteiger partial charge is 0.322 e. The van der Waals surface area contributed by atoms with E-state index in [1.165, 1.54) is 0 Å². The Bertz CT molecular complexity index is 114. The van der Waals surface area contributed by atoms with Gasteiger partial charge in [-0.05, 0) is 0 Å². The van der Waals surface area contributed by atoms with Crippen molar-refractivity contribution in [2.75, 3.05) is 6.54 Å². The summed E-state index contributed by atoms with van der Waals surface area (Å²) in [5.41, 5.74) is 4.98. The molecule has 9 heavy (non-hydrogen) atoms. The van der Waals surface area contributed by atoms with Crippen molar-refractivity contribution in [3.05, 3.63) is 0 Å². The lowest BCUT2D eigenvalue weighted by atomic mass is 10.3. The molecule has 0 saturated heterocycles. The number of nitrogens with two attached hydrogens (primary N) is 1. The van der Waals surface area contributed by atoms with Crippen LogP contribution < -0.4 is 11.1 Å². The number of hydrogen-bond donors (Lipinski definition) is 3. The predicted octanol–water partition coefficient (Wildman–Crippen LogP) is -1.86. The van der Waals surface area contributed by atoms with Gasteiger partial charge in [-0.1, -0.05) is 0 Å². The van der Waals surface area contributed by atoms with Crippen molar-refractivity contribution in [1.82, 2.24) is 5.32 Å². The molecule has 0 aromatic carbocycles. The van der Waals surface area contributed by atoms with E-state index < -0.39 is 12.0 Å². The Morgan fingerprint density at radius 2 is 2.44 bits per heavy atom. The highest BCUT2D eigenvalue weighted by atomic mass is 16.4. The summed E-state index contributed by atoms with van der Waals surface area (Å²) in [7, 11) is 0. The normalized spacial score (nSPS) is 12.1. The number of carboxylic acid groups (broad SMARTS) is 1. The van der Waals surface area contributed by atoms with Crippen LogP contribution >= 0.6 is 0 Å². The topological polar surface area (TPSA) is 92.4 Å². The Morgan fingerprint density at radius 1 is 1.89 bits per heavy atom. The number of carbonyl (C=O) groups is 2. The third-order valence-corrected chi connectivity index (χ3v) is 0.738. The molecule has 0 unspecified atom stereocenters. The number of rotatable bonds is 4. The standard InChI is InChI=1S/C4H8N2O3/c5-3(4(8)9)1-6-2-7/h2-3H,1,5H2,(H,6,7)(H,8,9)/t3-/m0/s1. The largest absolute Gasteiger partial charge is 0.480 e. The summed E-state index contributed by atoms with van der Waals surface area (Å²) in [5.74, 6) is -1.12. The SMILES string of the molecule is N[C@@H](CNC=O)C(=O)O. The minimum absolute atomic E-state index is 0.0289. The van der Waals surface area contributed by atoms with Gasteiger partial charge in [0.25, 0.3) is 0 Å². The van der Waals surface area contributed by atoms with Crippen molar-refractivity contribution in [3.63, 3.8) is 0 Å². The molecule has 5 nitrogen and oxygen atoms in total. The van der Waals surface area contributed by atoms with Gasteiger partial charge in [-0.25, -0.2) is 0 Å². The summed E-state index contributed by atoms with van der Waals surface area (Å²) in [6.07, 6.45) is 0.406. The van der Waals surface area contributed by atoms with Crippen molar-refractivity contribution >= 4 is 12.4 Å². The summed E-state index contributed by atoms with van der Waals surface area (Å²) in [6.45, 7) is -0.0289. The van der Waals surface area contributed by atoms with Gasteiger partial charge < -0.3 is 16.2 Å². The van der Waals surface area contributed by atoms with Crippen LogP contribution in [-0.4, -0.2) is 30.1 Å². The molecule has 5 heteroatoms. The molecule has 0 aliphatic rings. The van der Waals surface area contributed by atoms with E-state index in [9.17, 15) is 9.59 Å². The molecule has 4 N–H and O–H groups in total. The van der Waals surface area contributed by atoms with Gasteiger partial charge in [0.2, 0.25) is 6.41 Å². The van der Waals surface area contributed by atoms with Crippen LogP contribution in [-0.2, 0) is 9.59 Å². The van der Waals surface area contributed by atoms with E-state index in [-0.39, 0.29) is 6.54 Å². The third kappa shape index (κ3) is 3.48. The fraction of sp³-hybridized carbons (Fsp3) is 0.500. The van der Waals surface area contributed by atoms with Crippen LogP contribution in [0.4, 0.5) is 0 Å². The van der Waals surface area contributed by atoms with Crippen molar-refractivity contribution < 1.29 is 14.7 Å². The fourth-order valence-electron chi connectivity index (χ4n) is 0.262. The number of nitrogens with one attached hydrogen (secondary N) is 1. The second kappa shape index (κ2) is 3.85. The van der Waals surface area contributed by atoms with Crippen molar-refractivity contribution in [2.24, 2.45) is 5.73 Å². The van der Waals surface area contributed by atoms with Gasteiger partial charge in [0, 0.05) is 6.54 Å². The van der Waals surface area contributed by atoms with E-state index in [1.54, 1.807) is 0 Å². The zero-order valence-electron chi connectivity index (χ0n) is 4.70. The lowest BCUT2D eigenvalue weighted by molar-refractivity contribution is -0.138. The molecule has 0 heterocycles. The summed E-state index contributed by atoms with van der Waals surface area (Å²) in [6, 6.07) is -1.00. The molecule has 0 bridgehead atoms. The second-order valence-electron chi connectivity index (χ2n) is 1.47. The first-order valence-corrected chi connectivity index (χ1v) is 2.34. The van der Waals surface area contributed by atoms with Crippen molar-refractivity contribution in [3.8, 4) is 0 Å². The quantitative estimate of drug-likeness (QED) is 0.391. The highest BCUT2D eigenvalue weighted by Gasteiger charge is 2.08. The monoisotopic (exact) mass is 132 g/mol. The number of carboxylic acids is 1. The van der Waals surface area contributed by atoms with E-state index >= 15 is 0 Å². The van der Waals surface area contributed by atoms with Crippen LogP contribution in [0.2, 0.25) is 0 Å². The maximum atomic E-state index is 9.92. The second-order valence-corrected chi connectivity index (χ2v) is 1.47. The van der Waals surface area contributed by atoms with E-state index in [2.05, 4.69) is 5.32 Å². The molecule has 1 amide bonds. The third-order valence-electron chi connectivity index (χ3n) is 0.738. The number of aliphatic carboxylic acids is 1. The molecule has 0 aliphatic carbocycles. The van der Waals surface area contributed by atoms with Gasteiger partial charge in [-0.3, -0.25) is 9.59 Å². The molecule has 0 aromatic heterocycles. The average molecular weight is 132 g/mol. The molecule has 0 aliphatic heterocycles. The van der Waals surface area contributed by atoms with Gasteiger partial charge in [0.15, 0.2) is 0 Å². The molecule has 0 rings (SSSR count).